The first-order chi connectivity index (χ1) is 9.41. The average molecular weight is 376 g/mol. The molecule has 0 aliphatic heterocycles. The Balaban J connectivity index is 2.49. The van der Waals surface area contributed by atoms with Gasteiger partial charge in [0.2, 0.25) is 0 Å². The van der Waals surface area contributed by atoms with Crippen LogP contribution in [0.1, 0.15) is 0 Å². The van der Waals surface area contributed by atoms with E-state index in [0.717, 1.165) is 15.6 Å². The van der Waals surface area contributed by atoms with Crippen molar-refractivity contribution in [1.82, 2.24) is 0 Å². The van der Waals surface area contributed by atoms with E-state index in [1.54, 1.807) is 36.4 Å². The van der Waals surface area contributed by atoms with E-state index in [0.29, 0.717) is 9.47 Å². The van der Waals surface area contributed by atoms with E-state index < -0.39 is 22.5 Å². The van der Waals surface area contributed by atoms with Gasteiger partial charge in [-0.2, -0.15) is 0 Å². The van der Waals surface area contributed by atoms with Crippen LogP contribution in [-0.4, -0.2) is 26.0 Å². The zero-order valence-electron chi connectivity index (χ0n) is 10.1. The molecular weight excluding hydrogens is 366 g/mol. The summed E-state index contributed by atoms with van der Waals surface area (Å²) in [7, 11) is -3.89. The number of aliphatic carboxylic acids is 1. The maximum absolute atomic E-state index is 12.5. The van der Waals surface area contributed by atoms with E-state index >= 15 is 0 Å². The monoisotopic (exact) mass is 375 g/mol. The van der Waals surface area contributed by atoms with Crippen molar-refractivity contribution < 1.29 is 18.3 Å². The Morgan fingerprint density at radius 1 is 1.20 bits per heavy atom. The number of para-hydroxylation sites is 1. The van der Waals surface area contributed by atoms with Gasteiger partial charge in [-0.25, -0.2) is 8.42 Å². The topological polar surface area (TPSA) is 74.7 Å². The Labute approximate surface area is 128 Å². The van der Waals surface area contributed by atoms with Crippen molar-refractivity contribution in [3.05, 3.63) is 46.3 Å². The summed E-state index contributed by atoms with van der Waals surface area (Å²) in [5.41, 5.74) is 0.319. The number of hydrogen-bond acceptors (Lipinski definition) is 4. The predicted octanol–water partition coefficient (Wildman–Crippen LogP) is 2.79. The van der Waals surface area contributed by atoms with Crippen molar-refractivity contribution in [3.8, 4) is 0 Å². The Morgan fingerprint density at radius 2 is 1.85 bits per heavy atom. The Morgan fingerprint density at radius 3 is 2.35 bits per heavy atom. The number of hydrogen-bond donors (Lipinski definition) is 1. The summed E-state index contributed by atoms with van der Waals surface area (Å²) < 4.78 is 26.7. The molecule has 0 saturated carbocycles. The van der Waals surface area contributed by atoms with E-state index in [2.05, 4.69) is 15.9 Å². The number of carboxylic acid groups (broad SMARTS) is 1. The zero-order chi connectivity index (χ0) is 14.8. The van der Waals surface area contributed by atoms with Crippen LogP contribution in [0.2, 0.25) is 0 Å². The molecule has 106 valence electrons. The predicted molar refractivity (Wildman–Crippen MR) is 80.6 cm³/mol. The fourth-order valence-electron chi connectivity index (χ4n) is 1.58. The standard InChI is InChI=1S/C12H10BrNO4S2/c13-10-6-7-12(19-10)20(17,18)14(8-11(15)16)9-4-2-1-3-5-9/h1-7H,8H2,(H,15,16). The number of carboxylic acids is 1. The van der Waals surface area contributed by atoms with Crippen molar-refractivity contribution in [2.75, 3.05) is 10.8 Å². The lowest BCUT2D eigenvalue weighted by molar-refractivity contribution is -0.135. The van der Waals surface area contributed by atoms with Crippen molar-refractivity contribution in [1.29, 1.82) is 0 Å². The first-order valence-corrected chi connectivity index (χ1v) is 8.51. The summed E-state index contributed by atoms with van der Waals surface area (Å²) in [6, 6.07) is 11.2. The van der Waals surface area contributed by atoms with Crippen LogP contribution in [-0.2, 0) is 14.8 Å². The lowest BCUT2D eigenvalue weighted by Gasteiger charge is -2.21. The fraction of sp³-hybridized carbons (Fsp3) is 0.0833. The van der Waals surface area contributed by atoms with E-state index in [1.807, 2.05) is 0 Å². The summed E-state index contributed by atoms with van der Waals surface area (Å²) >= 11 is 4.24. The summed E-state index contributed by atoms with van der Waals surface area (Å²) in [4.78, 5) is 11.0. The van der Waals surface area contributed by atoms with E-state index in [-0.39, 0.29) is 4.21 Å². The van der Waals surface area contributed by atoms with Gasteiger partial charge in [0, 0.05) is 0 Å². The zero-order valence-corrected chi connectivity index (χ0v) is 13.3. The third-order valence-corrected chi connectivity index (χ3v) is 6.28. The first-order valence-electron chi connectivity index (χ1n) is 5.46. The van der Waals surface area contributed by atoms with Crippen LogP contribution in [0.3, 0.4) is 0 Å². The number of thiophene rings is 1. The summed E-state index contributed by atoms with van der Waals surface area (Å²) in [6.45, 7) is -0.623. The van der Waals surface area contributed by atoms with Crippen LogP contribution < -0.4 is 4.31 Å². The van der Waals surface area contributed by atoms with E-state index in [4.69, 9.17) is 5.11 Å². The molecule has 20 heavy (non-hydrogen) atoms. The van der Waals surface area contributed by atoms with Gasteiger partial charge < -0.3 is 5.11 Å². The number of nitrogens with zero attached hydrogens (tertiary/aromatic N) is 1. The number of carbonyl (C=O) groups is 1. The third-order valence-electron chi connectivity index (χ3n) is 2.42. The van der Waals surface area contributed by atoms with Crippen LogP contribution in [0.15, 0.2) is 50.5 Å². The molecule has 0 bridgehead atoms. The molecule has 0 saturated heterocycles. The minimum Gasteiger partial charge on any atom is -0.480 e. The number of halogens is 1. The molecule has 0 fully saturated rings. The molecule has 0 aliphatic rings. The Hall–Kier alpha value is -1.38. The lowest BCUT2D eigenvalue weighted by Crippen LogP contribution is -2.35. The van der Waals surface area contributed by atoms with Gasteiger partial charge in [-0.1, -0.05) is 18.2 Å². The minimum absolute atomic E-state index is 0.0921. The number of sulfonamides is 1. The lowest BCUT2D eigenvalue weighted by atomic mass is 10.3. The number of anilines is 1. The molecule has 0 aliphatic carbocycles. The molecule has 1 aromatic carbocycles. The van der Waals surface area contributed by atoms with Crippen molar-refractivity contribution in [2.45, 2.75) is 4.21 Å². The molecule has 1 heterocycles. The second-order valence-corrected chi connectivity index (χ2v) is 8.35. The van der Waals surface area contributed by atoms with Gasteiger partial charge in [0.15, 0.2) is 0 Å². The first kappa shape index (κ1) is 15.0. The molecule has 8 heteroatoms. The summed E-state index contributed by atoms with van der Waals surface area (Å²) in [6.07, 6.45) is 0. The molecule has 0 atom stereocenters. The summed E-state index contributed by atoms with van der Waals surface area (Å²) in [5.74, 6) is -1.21. The van der Waals surface area contributed by atoms with Gasteiger partial charge in [0.1, 0.15) is 10.8 Å². The molecule has 2 aromatic rings. The van der Waals surface area contributed by atoms with Gasteiger partial charge in [-0.05, 0) is 40.2 Å². The van der Waals surface area contributed by atoms with Crippen LogP contribution in [0.5, 0.6) is 0 Å². The van der Waals surface area contributed by atoms with Crippen LogP contribution in [0, 0.1) is 0 Å². The molecule has 0 radical (unpaired) electrons. The second-order valence-electron chi connectivity index (χ2n) is 3.80. The van der Waals surface area contributed by atoms with Crippen LogP contribution in [0.25, 0.3) is 0 Å². The molecule has 0 spiro atoms. The normalized spacial score (nSPS) is 11.2. The molecular formula is C12H10BrNO4S2. The second kappa shape index (κ2) is 5.94. The largest absolute Gasteiger partial charge is 0.480 e. The van der Waals surface area contributed by atoms with Gasteiger partial charge in [0.25, 0.3) is 10.0 Å². The van der Waals surface area contributed by atoms with Crippen LogP contribution in [0.4, 0.5) is 5.69 Å². The highest BCUT2D eigenvalue weighted by Gasteiger charge is 2.28. The Kier molecular flexibility index (Phi) is 4.46. The highest BCUT2D eigenvalue weighted by Crippen LogP contribution is 2.30. The maximum atomic E-state index is 12.5. The van der Waals surface area contributed by atoms with Gasteiger partial charge in [0.05, 0.1) is 9.47 Å². The van der Waals surface area contributed by atoms with Crippen LogP contribution >= 0.6 is 27.3 Å². The third kappa shape index (κ3) is 3.20. The molecule has 0 unspecified atom stereocenters. The highest BCUT2D eigenvalue weighted by molar-refractivity contribution is 9.11. The molecule has 5 nitrogen and oxygen atoms in total. The summed E-state index contributed by atoms with van der Waals surface area (Å²) in [5, 5.41) is 8.95. The minimum atomic E-state index is -3.89. The van der Waals surface area contributed by atoms with Crippen molar-refractivity contribution >= 4 is 48.9 Å². The fourth-order valence-corrected chi connectivity index (χ4v) is 5.12. The maximum Gasteiger partial charge on any atom is 0.324 e. The highest BCUT2D eigenvalue weighted by atomic mass is 79.9. The smallest absolute Gasteiger partial charge is 0.324 e. The van der Waals surface area contributed by atoms with E-state index in [1.165, 1.54) is 6.07 Å². The van der Waals surface area contributed by atoms with Crippen molar-refractivity contribution in [2.24, 2.45) is 0 Å². The number of rotatable bonds is 5. The van der Waals surface area contributed by atoms with Crippen molar-refractivity contribution in [3.63, 3.8) is 0 Å². The van der Waals surface area contributed by atoms with Gasteiger partial charge in [-0.15, -0.1) is 11.3 Å². The van der Waals surface area contributed by atoms with Gasteiger partial charge in [-0.3, -0.25) is 9.10 Å². The van der Waals surface area contributed by atoms with E-state index in [9.17, 15) is 13.2 Å². The Bertz CT molecular complexity index is 712. The molecule has 1 N–H and O–H groups in total. The average Bonchev–Trinajstić information content (AvgIpc) is 2.84. The molecule has 0 amide bonds. The number of benzene rings is 1. The van der Waals surface area contributed by atoms with Gasteiger partial charge >= 0.3 is 5.97 Å². The SMILES string of the molecule is O=C(O)CN(c1ccccc1)S(=O)(=O)c1ccc(Br)s1. The quantitative estimate of drug-likeness (QED) is 0.871. The molecule has 1 aromatic heterocycles. The molecule has 2 rings (SSSR count).